The monoisotopic (exact) mass is 243 g/mol. The molecule has 0 amide bonds. The van der Waals surface area contributed by atoms with Crippen LogP contribution in [0.2, 0.25) is 0 Å². The molecule has 1 heterocycles. The number of aliphatic carboxylic acids is 1. The van der Waals surface area contributed by atoms with E-state index >= 15 is 0 Å². The topological polar surface area (TPSA) is 67.3 Å². The molecule has 4 nitrogen and oxygen atoms in total. The van der Waals surface area contributed by atoms with Crippen LogP contribution >= 0.6 is 15.9 Å². The third-order valence-corrected chi connectivity index (χ3v) is 1.99. The molecule has 0 radical (unpaired) electrons. The summed E-state index contributed by atoms with van der Waals surface area (Å²) in [5, 5.41) is 8.83. The van der Waals surface area contributed by atoms with Crippen molar-refractivity contribution in [3.8, 4) is 0 Å². The van der Waals surface area contributed by atoms with Gasteiger partial charge in [-0.15, -0.1) is 0 Å². The second-order valence-corrected chi connectivity index (χ2v) is 2.83. The molecule has 0 aliphatic rings. The Hall–Kier alpha value is -1.23. The number of rotatable bonds is 3. The average Bonchev–Trinajstić information content (AvgIpc) is 2.16. The number of halogens is 1. The number of carbonyl (C=O) groups is 2. The standard InChI is InChI=1S/C8H6BrNO3/c9-4-6-5(2-1-3-10-6)7(11)8(12)13/h1-3H,4H2,(H,12,13). The van der Waals surface area contributed by atoms with E-state index in [-0.39, 0.29) is 5.56 Å². The third-order valence-electron chi connectivity index (χ3n) is 1.46. The van der Waals surface area contributed by atoms with E-state index in [0.717, 1.165) is 0 Å². The van der Waals surface area contributed by atoms with Gasteiger partial charge in [0.05, 0.1) is 11.3 Å². The number of alkyl halides is 1. The Balaban J connectivity index is 3.13. The van der Waals surface area contributed by atoms with Crippen LogP contribution in [0.3, 0.4) is 0 Å². The van der Waals surface area contributed by atoms with Gasteiger partial charge < -0.3 is 5.11 Å². The maximum Gasteiger partial charge on any atom is 0.377 e. The zero-order chi connectivity index (χ0) is 9.84. The van der Waals surface area contributed by atoms with Gasteiger partial charge in [-0.2, -0.15) is 0 Å². The van der Waals surface area contributed by atoms with Gasteiger partial charge in [-0.1, -0.05) is 15.9 Å². The first kappa shape index (κ1) is 9.85. The lowest BCUT2D eigenvalue weighted by Gasteiger charge is -2.00. The number of hydrogen-bond donors (Lipinski definition) is 1. The molecule has 13 heavy (non-hydrogen) atoms. The molecule has 0 saturated heterocycles. The highest BCUT2D eigenvalue weighted by Gasteiger charge is 2.17. The van der Waals surface area contributed by atoms with Crippen LogP contribution in [0, 0.1) is 0 Å². The molecule has 0 unspecified atom stereocenters. The van der Waals surface area contributed by atoms with E-state index in [9.17, 15) is 9.59 Å². The minimum atomic E-state index is -1.46. The van der Waals surface area contributed by atoms with E-state index in [2.05, 4.69) is 20.9 Å². The highest BCUT2D eigenvalue weighted by atomic mass is 79.9. The lowest BCUT2D eigenvalue weighted by atomic mass is 10.1. The summed E-state index contributed by atoms with van der Waals surface area (Å²) >= 11 is 3.12. The minimum absolute atomic E-state index is 0.131. The summed E-state index contributed by atoms with van der Waals surface area (Å²) in [6.45, 7) is 0. The Labute approximate surface area is 82.7 Å². The largest absolute Gasteiger partial charge is 0.475 e. The van der Waals surface area contributed by atoms with Crippen molar-refractivity contribution >= 4 is 27.7 Å². The molecule has 5 heteroatoms. The van der Waals surface area contributed by atoms with Gasteiger partial charge >= 0.3 is 5.97 Å². The van der Waals surface area contributed by atoms with Gasteiger partial charge in [0.1, 0.15) is 0 Å². The number of pyridine rings is 1. The Bertz CT molecular complexity index is 351. The van der Waals surface area contributed by atoms with E-state index in [1.165, 1.54) is 18.3 Å². The molecule has 1 aromatic rings. The van der Waals surface area contributed by atoms with Gasteiger partial charge in [0, 0.05) is 11.5 Å². The van der Waals surface area contributed by atoms with Crippen LogP contribution in [0.25, 0.3) is 0 Å². The number of Topliss-reactive ketones (excluding diaryl/α,β-unsaturated/α-hetero) is 1. The number of hydrogen-bond acceptors (Lipinski definition) is 3. The maximum atomic E-state index is 11.1. The molecule has 0 aliphatic heterocycles. The number of ketones is 1. The van der Waals surface area contributed by atoms with Crippen LogP contribution in [-0.4, -0.2) is 21.8 Å². The van der Waals surface area contributed by atoms with Gasteiger partial charge in [-0.3, -0.25) is 9.78 Å². The predicted octanol–water partition coefficient (Wildman–Crippen LogP) is 1.24. The highest BCUT2D eigenvalue weighted by molar-refractivity contribution is 9.08. The van der Waals surface area contributed by atoms with Gasteiger partial charge in [-0.05, 0) is 12.1 Å². The molecule has 68 valence electrons. The van der Waals surface area contributed by atoms with Crippen molar-refractivity contribution in [2.45, 2.75) is 5.33 Å². The summed E-state index contributed by atoms with van der Waals surface area (Å²) in [6.07, 6.45) is 1.51. The first-order valence-electron chi connectivity index (χ1n) is 3.44. The van der Waals surface area contributed by atoms with Crippen LogP contribution in [0.5, 0.6) is 0 Å². The number of carbonyl (C=O) groups excluding carboxylic acids is 1. The van der Waals surface area contributed by atoms with E-state index in [0.29, 0.717) is 11.0 Å². The SMILES string of the molecule is O=C(O)C(=O)c1cccnc1CBr. The smallest absolute Gasteiger partial charge is 0.377 e. The summed E-state index contributed by atoms with van der Waals surface area (Å²) in [4.78, 5) is 25.3. The third kappa shape index (κ3) is 2.12. The molecule has 0 aliphatic carbocycles. The lowest BCUT2D eigenvalue weighted by Crippen LogP contribution is -2.15. The number of carboxylic acids is 1. The molecule has 0 aromatic carbocycles. The van der Waals surface area contributed by atoms with Crippen molar-refractivity contribution in [2.75, 3.05) is 0 Å². The average molecular weight is 244 g/mol. The molecule has 1 N–H and O–H groups in total. The summed E-state index contributed by atoms with van der Waals surface area (Å²) in [6, 6.07) is 2.97. The molecular weight excluding hydrogens is 238 g/mol. The second kappa shape index (κ2) is 4.13. The summed E-state index contributed by atoms with van der Waals surface area (Å²) in [5.74, 6) is -2.39. The first-order valence-corrected chi connectivity index (χ1v) is 4.56. The zero-order valence-corrected chi connectivity index (χ0v) is 8.11. The number of nitrogens with zero attached hydrogens (tertiary/aromatic N) is 1. The fourth-order valence-electron chi connectivity index (χ4n) is 0.866. The van der Waals surface area contributed by atoms with Crippen molar-refractivity contribution in [1.29, 1.82) is 0 Å². The lowest BCUT2D eigenvalue weighted by molar-refractivity contribution is -0.131. The normalized spacial score (nSPS) is 9.62. The van der Waals surface area contributed by atoms with Crippen LogP contribution < -0.4 is 0 Å². The fraction of sp³-hybridized carbons (Fsp3) is 0.125. The molecule has 0 spiro atoms. The van der Waals surface area contributed by atoms with Crippen LogP contribution in [0.4, 0.5) is 0 Å². The number of aromatic nitrogens is 1. The van der Waals surface area contributed by atoms with Gasteiger partial charge in [-0.25, -0.2) is 4.79 Å². The van der Waals surface area contributed by atoms with Crippen LogP contribution in [0.15, 0.2) is 18.3 Å². The van der Waals surface area contributed by atoms with Crippen molar-refractivity contribution < 1.29 is 14.7 Å². The van der Waals surface area contributed by atoms with E-state index < -0.39 is 11.8 Å². The Morgan fingerprint density at radius 3 is 2.77 bits per heavy atom. The molecule has 0 atom stereocenters. The molecule has 0 fully saturated rings. The molecule has 1 rings (SSSR count). The molecular formula is C8H6BrNO3. The van der Waals surface area contributed by atoms with Gasteiger partial charge in [0.15, 0.2) is 0 Å². The van der Waals surface area contributed by atoms with Crippen molar-refractivity contribution in [1.82, 2.24) is 4.98 Å². The second-order valence-electron chi connectivity index (χ2n) is 2.27. The Morgan fingerprint density at radius 2 is 2.23 bits per heavy atom. The van der Waals surface area contributed by atoms with Crippen molar-refractivity contribution in [3.05, 3.63) is 29.6 Å². The van der Waals surface area contributed by atoms with E-state index in [4.69, 9.17) is 5.11 Å². The highest BCUT2D eigenvalue weighted by Crippen LogP contribution is 2.09. The van der Waals surface area contributed by atoms with E-state index in [1.807, 2.05) is 0 Å². The van der Waals surface area contributed by atoms with E-state index in [1.54, 1.807) is 0 Å². The molecule has 1 aromatic heterocycles. The maximum absolute atomic E-state index is 11.1. The quantitative estimate of drug-likeness (QED) is 0.493. The molecule has 0 saturated carbocycles. The summed E-state index contributed by atoms with van der Waals surface area (Å²) in [7, 11) is 0. The van der Waals surface area contributed by atoms with Crippen LogP contribution in [0.1, 0.15) is 16.1 Å². The van der Waals surface area contributed by atoms with Gasteiger partial charge in [0.25, 0.3) is 5.78 Å². The minimum Gasteiger partial charge on any atom is -0.475 e. The van der Waals surface area contributed by atoms with Crippen molar-refractivity contribution in [3.63, 3.8) is 0 Å². The number of carboxylic acid groups (broad SMARTS) is 1. The zero-order valence-electron chi connectivity index (χ0n) is 6.53. The van der Waals surface area contributed by atoms with Gasteiger partial charge in [0.2, 0.25) is 0 Å². The Morgan fingerprint density at radius 1 is 1.54 bits per heavy atom. The summed E-state index contributed by atoms with van der Waals surface area (Å²) in [5.41, 5.74) is 0.571. The predicted molar refractivity (Wildman–Crippen MR) is 48.8 cm³/mol. The fourth-order valence-corrected chi connectivity index (χ4v) is 1.31. The van der Waals surface area contributed by atoms with Crippen molar-refractivity contribution in [2.24, 2.45) is 0 Å². The summed E-state index contributed by atoms with van der Waals surface area (Å²) < 4.78 is 0. The van der Waals surface area contributed by atoms with Crippen LogP contribution in [-0.2, 0) is 10.1 Å². The first-order chi connectivity index (χ1) is 6.16. The molecule has 0 bridgehead atoms. The Kier molecular flexibility index (Phi) is 3.13.